The molecular formula is C18H20FN3O3. The maximum absolute atomic E-state index is 13.2. The van der Waals surface area contributed by atoms with Crippen LogP contribution in [0.15, 0.2) is 42.6 Å². The van der Waals surface area contributed by atoms with E-state index in [2.05, 4.69) is 4.98 Å². The number of nitrogens with two attached hydrogens (primary N) is 1. The summed E-state index contributed by atoms with van der Waals surface area (Å²) in [7, 11) is 0. The van der Waals surface area contributed by atoms with Gasteiger partial charge in [-0.1, -0.05) is 6.07 Å². The summed E-state index contributed by atoms with van der Waals surface area (Å²) >= 11 is 0. The molecule has 1 fully saturated rings. The fourth-order valence-electron chi connectivity index (χ4n) is 2.95. The van der Waals surface area contributed by atoms with Gasteiger partial charge in [0.05, 0.1) is 12.1 Å². The van der Waals surface area contributed by atoms with Gasteiger partial charge in [0.1, 0.15) is 29.6 Å². The highest BCUT2D eigenvalue weighted by molar-refractivity contribution is 5.98. The Kier molecular flexibility index (Phi) is 4.85. The van der Waals surface area contributed by atoms with Crippen molar-refractivity contribution in [1.29, 1.82) is 0 Å². The number of amides is 1. The third kappa shape index (κ3) is 4.06. The summed E-state index contributed by atoms with van der Waals surface area (Å²) in [5.41, 5.74) is 4.88. The van der Waals surface area contributed by atoms with E-state index in [1.165, 1.54) is 24.4 Å². The second-order valence-corrected chi connectivity index (χ2v) is 6.24. The number of aromatic nitrogens is 1. The number of hydrogen-bond donors (Lipinski definition) is 2. The number of anilines is 1. The van der Waals surface area contributed by atoms with Gasteiger partial charge in [0, 0.05) is 18.8 Å². The SMILES string of the molecule is Nc1ncccc1C(=O)N1CCC[C@](O)(COc2cccc(F)c2)C1. The van der Waals surface area contributed by atoms with Gasteiger partial charge >= 0.3 is 0 Å². The number of carbonyl (C=O) groups excluding carboxylic acids is 1. The van der Waals surface area contributed by atoms with Crippen LogP contribution in [0.3, 0.4) is 0 Å². The molecule has 1 aromatic heterocycles. The van der Waals surface area contributed by atoms with Crippen LogP contribution < -0.4 is 10.5 Å². The molecule has 25 heavy (non-hydrogen) atoms. The fourth-order valence-corrected chi connectivity index (χ4v) is 2.95. The van der Waals surface area contributed by atoms with Crippen LogP contribution in [0, 0.1) is 5.82 Å². The minimum absolute atomic E-state index is 0.0250. The quantitative estimate of drug-likeness (QED) is 0.883. The van der Waals surface area contributed by atoms with Gasteiger partial charge in [-0.2, -0.15) is 0 Å². The molecule has 1 aliphatic rings. The standard InChI is InChI=1S/C18H20FN3O3/c19-13-4-1-5-14(10-13)25-12-18(24)7-3-9-22(11-18)17(23)15-6-2-8-21-16(15)20/h1-2,4-6,8,10,24H,3,7,9,11-12H2,(H2,20,21)/t18-/m1/s1. The molecule has 1 atom stereocenters. The van der Waals surface area contributed by atoms with E-state index in [-0.39, 0.29) is 24.9 Å². The van der Waals surface area contributed by atoms with Crippen molar-refractivity contribution in [1.82, 2.24) is 9.88 Å². The summed E-state index contributed by atoms with van der Waals surface area (Å²) in [6.45, 7) is 0.619. The average molecular weight is 345 g/mol. The number of ether oxygens (including phenoxy) is 1. The minimum atomic E-state index is -1.20. The molecule has 0 spiro atoms. The Bertz CT molecular complexity index is 771. The number of nitrogens with zero attached hydrogens (tertiary/aromatic N) is 2. The van der Waals surface area contributed by atoms with Gasteiger partial charge in [0.15, 0.2) is 0 Å². The number of β-amino-alcohol motifs (C(OH)–C–C–N with tert-alkyl or cyclic N) is 1. The van der Waals surface area contributed by atoms with E-state index in [4.69, 9.17) is 10.5 Å². The predicted octanol–water partition coefficient (Wildman–Crippen LogP) is 1.85. The fraction of sp³-hybridized carbons (Fsp3) is 0.333. The molecule has 6 nitrogen and oxygen atoms in total. The first kappa shape index (κ1) is 17.2. The van der Waals surface area contributed by atoms with E-state index in [0.717, 1.165) is 0 Å². The van der Waals surface area contributed by atoms with Crippen molar-refractivity contribution in [2.45, 2.75) is 18.4 Å². The number of rotatable bonds is 4. The van der Waals surface area contributed by atoms with E-state index in [0.29, 0.717) is 30.7 Å². The molecule has 2 heterocycles. The summed E-state index contributed by atoms with van der Waals surface area (Å²) in [5, 5.41) is 10.8. The number of carbonyl (C=O) groups is 1. The lowest BCUT2D eigenvalue weighted by Gasteiger charge is -2.39. The molecule has 0 unspecified atom stereocenters. The molecule has 132 valence electrons. The summed E-state index contributed by atoms with van der Waals surface area (Å²) in [4.78, 5) is 18.1. The van der Waals surface area contributed by atoms with Crippen molar-refractivity contribution in [2.24, 2.45) is 0 Å². The van der Waals surface area contributed by atoms with Gasteiger partial charge in [-0.3, -0.25) is 4.79 Å². The lowest BCUT2D eigenvalue weighted by atomic mass is 9.93. The Labute approximate surface area is 145 Å². The number of aliphatic hydroxyl groups is 1. The third-order valence-corrected chi connectivity index (χ3v) is 4.22. The summed E-state index contributed by atoms with van der Waals surface area (Å²) in [5.74, 6) is -0.169. The minimum Gasteiger partial charge on any atom is -0.490 e. The van der Waals surface area contributed by atoms with Gasteiger partial charge < -0.3 is 20.5 Å². The maximum atomic E-state index is 13.2. The Balaban J connectivity index is 1.67. The molecule has 1 aliphatic heterocycles. The van der Waals surface area contributed by atoms with Crippen molar-refractivity contribution in [3.05, 3.63) is 54.0 Å². The molecule has 0 bridgehead atoms. The van der Waals surface area contributed by atoms with Crippen molar-refractivity contribution < 1.29 is 19.0 Å². The topological polar surface area (TPSA) is 88.7 Å². The lowest BCUT2D eigenvalue weighted by Crippen LogP contribution is -2.53. The van der Waals surface area contributed by atoms with Gasteiger partial charge in [-0.05, 0) is 37.1 Å². The summed E-state index contributed by atoms with van der Waals surface area (Å²) in [6.07, 6.45) is 2.65. The molecule has 3 N–H and O–H groups in total. The predicted molar refractivity (Wildman–Crippen MR) is 90.6 cm³/mol. The largest absolute Gasteiger partial charge is 0.490 e. The molecule has 7 heteroatoms. The molecular weight excluding hydrogens is 325 g/mol. The van der Waals surface area contributed by atoms with Gasteiger partial charge in [0.25, 0.3) is 5.91 Å². The number of pyridine rings is 1. The third-order valence-electron chi connectivity index (χ3n) is 4.22. The van der Waals surface area contributed by atoms with Crippen LogP contribution in [0.5, 0.6) is 5.75 Å². The van der Waals surface area contributed by atoms with Crippen molar-refractivity contribution in [2.75, 3.05) is 25.4 Å². The normalized spacial score (nSPS) is 20.3. The zero-order chi connectivity index (χ0) is 17.9. The molecule has 1 saturated heterocycles. The molecule has 0 saturated carbocycles. The Hall–Kier alpha value is -2.67. The first-order valence-corrected chi connectivity index (χ1v) is 8.07. The number of likely N-dealkylation sites (tertiary alicyclic amines) is 1. The average Bonchev–Trinajstić information content (AvgIpc) is 2.60. The van der Waals surface area contributed by atoms with Crippen LogP contribution in [-0.2, 0) is 0 Å². The summed E-state index contributed by atoms with van der Waals surface area (Å²) < 4.78 is 18.7. The first-order chi connectivity index (χ1) is 12.0. The van der Waals surface area contributed by atoms with E-state index in [1.54, 1.807) is 23.1 Å². The van der Waals surface area contributed by atoms with E-state index in [1.807, 2.05) is 0 Å². The zero-order valence-electron chi connectivity index (χ0n) is 13.7. The van der Waals surface area contributed by atoms with Gasteiger partial charge in [0.2, 0.25) is 0 Å². The van der Waals surface area contributed by atoms with Gasteiger partial charge in [-0.25, -0.2) is 9.37 Å². The molecule has 0 aliphatic carbocycles. The number of benzene rings is 1. The van der Waals surface area contributed by atoms with E-state index >= 15 is 0 Å². The molecule has 3 rings (SSSR count). The second-order valence-electron chi connectivity index (χ2n) is 6.24. The van der Waals surface area contributed by atoms with Crippen LogP contribution in [0.25, 0.3) is 0 Å². The lowest BCUT2D eigenvalue weighted by molar-refractivity contribution is -0.0532. The highest BCUT2D eigenvalue weighted by Gasteiger charge is 2.36. The Morgan fingerprint density at radius 3 is 3.00 bits per heavy atom. The van der Waals surface area contributed by atoms with Gasteiger partial charge in [-0.15, -0.1) is 0 Å². The molecule has 2 aromatic rings. The van der Waals surface area contributed by atoms with Crippen LogP contribution in [-0.4, -0.2) is 46.2 Å². The Morgan fingerprint density at radius 1 is 1.40 bits per heavy atom. The number of nitrogen functional groups attached to an aromatic ring is 1. The number of hydrogen-bond acceptors (Lipinski definition) is 5. The van der Waals surface area contributed by atoms with Crippen LogP contribution in [0.4, 0.5) is 10.2 Å². The smallest absolute Gasteiger partial charge is 0.257 e. The van der Waals surface area contributed by atoms with Crippen LogP contribution >= 0.6 is 0 Å². The zero-order valence-corrected chi connectivity index (χ0v) is 13.7. The Morgan fingerprint density at radius 2 is 2.24 bits per heavy atom. The van der Waals surface area contributed by atoms with E-state index < -0.39 is 11.4 Å². The highest BCUT2D eigenvalue weighted by Crippen LogP contribution is 2.25. The van der Waals surface area contributed by atoms with Crippen molar-refractivity contribution in [3.63, 3.8) is 0 Å². The van der Waals surface area contributed by atoms with Crippen molar-refractivity contribution in [3.8, 4) is 5.75 Å². The molecule has 0 radical (unpaired) electrons. The van der Waals surface area contributed by atoms with Crippen molar-refractivity contribution >= 4 is 11.7 Å². The number of halogens is 1. The van der Waals surface area contributed by atoms with Crippen LogP contribution in [0.1, 0.15) is 23.2 Å². The second kappa shape index (κ2) is 7.06. The molecule has 1 aromatic carbocycles. The summed E-state index contributed by atoms with van der Waals surface area (Å²) in [6, 6.07) is 8.99. The first-order valence-electron chi connectivity index (χ1n) is 8.07. The van der Waals surface area contributed by atoms with E-state index in [9.17, 15) is 14.3 Å². The highest BCUT2D eigenvalue weighted by atomic mass is 19.1. The number of piperidine rings is 1. The molecule has 1 amide bonds. The monoisotopic (exact) mass is 345 g/mol. The van der Waals surface area contributed by atoms with Crippen LogP contribution in [0.2, 0.25) is 0 Å². The maximum Gasteiger partial charge on any atom is 0.257 e.